The third kappa shape index (κ3) is 4.95. The van der Waals surface area contributed by atoms with Crippen LogP contribution in [0.5, 0.6) is 0 Å². The van der Waals surface area contributed by atoms with Gasteiger partial charge in [-0.05, 0) is 83.1 Å². The first-order chi connectivity index (χ1) is 12.8. The van der Waals surface area contributed by atoms with Gasteiger partial charge < -0.3 is 5.32 Å². The Bertz CT molecular complexity index is 1060. The molecule has 0 heterocycles. The van der Waals surface area contributed by atoms with Crippen molar-refractivity contribution < 1.29 is 13.2 Å². The molecule has 27 heavy (non-hydrogen) atoms. The van der Waals surface area contributed by atoms with E-state index in [4.69, 9.17) is 0 Å². The fraction of sp³-hybridized carbons (Fsp3) is 0.0952. The van der Waals surface area contributed by atoms with Crippen LogP contribution >= 0.6 is 22.6 Å². The monoisotopic (exact) mass is 491 g/mol. The maximum atomic E-state index is 12.4. The van der Waals surface area contributed by atoms with Gasteiger partial charge in [0.05, 0.1) is 10.6 Å². The highest BCUT2D eigenvalue weighted by molar-refractivity contribution is 14.1. The molecule has 0 aliphatic heterocycles. The number of amides is 1. The Kier molecular flexibility index (Phi) is 5.96. The normalized spacial score (nSPS) is 11.2. The minimum atomic E-state index is -3.41. The first-order valence-electron chi connectivity index (χ1n) is 8.29. The summed E-state index contributed by atoms with van der Waals surface area (Å²) in [6, 6.07) is 20.8. The molecule has 0 unspecified atom stereocenters. The summed E-state index contributed by atoms with van der Waals surface area (Å²) in [7, 11) is -3.41. The highest BCUT2D eigenvalue weighted by atomic mass is 127. The van der Waals surface area contributed by atoms with Crippen molar-refractivity contribution in [2.24, 2.45) is 0 Å². The van der Waals surface area contributed by atoms with Crippen LogP contribution in [-0.4, -0.2) is 14.3 Å². The Balaban J connectivity index is 1.72. The van der Waals surface area contributed by atoms with E-state index in [1.165, 1.54) is 0 Å². The van der Waals surface area contributed by atoms with Crippen molar-refractivity contribution in [3.8, 4) is 0 Å². The topological polar surface area (TPSA) is 63.2 Å². The molecular formula is C21H18INO3S. The smallest absolute Gasteiger partial charge is 0.255 e. The van der Waals surface area contributed by atoms with Crippen molar-refractivity contribution in [3.05, 3.63) is 93.1 Å². The summed E-state index contributed by atoms with van der Waals surface area (Å²) < 4.78 is 26.0. The zero-order chi connectivity index (χ0) is 19.4. The number of halogens is 1. The molecule has 3 aromatic rings. The van der Waals surface area contributed by atoms with Gasteiger partial charge in [0.1, 0.15) is 0 Å². The zero-order valence-electron chi connectivity index (χ0n) is 14.6. The molecule has 0 atom stereocenters. The van der Waals surface area contributed by atoms with Crippen LogP contribution in [0.3, 0.4) is 0 Å². The molecule has 0 radical (unpaired) electrons. The second kappa shape index (κ2) is 8.22. The van der Waals surface area contributed by atoms with Gasteiger partial charge in [-0.15, -0.1) is 0 Å². The average Bonchev–Trinajstić information content (AvgIpc) is 2.65. The van der Waals surface area contributed by atoms with Crippen molar-refractivity contribution in [3.63, 3.8) is 0 Å². The number of anilines is 1. The first kappa shape index (κ1) is 19.6. The molecular weight excluding hydrogens is 473 g/mol. The minimum absolute atomic E-state index is 0.102. The van der Waals surface area contributed by atoms with E-state index in [0.717, 1.165) is 14.8 Å². The molecule has 0 saturated carbocycles. The van der Waals surface area contributed by atoms with E-state index in [9.17, 15) is 13.2 Å². The summed E-state index contributed by atoms with van der Waals surface area (Å²) in [5, 5.41) is 2.89. The third-order valence-electron chi connectivity index (χ3n) is 4.11. The molecule has 1 N–H and O–H groups in total. The number of aryl methyl sites for hydroxylation is 1. The number of nitrogens with one attached hydrogen (secondary N) is 1. The fourth-order valence-electron chi connectivity index (χ4n) is 2.64. The molecule has 0 aliphatic rings. The molecule has 3 aromatic carbocycles. The van der Waals surface area contributed by atoms with Gasteiger partial charge in [-0.25, -0.2) is 8.42 Å². The molecule has 3 rings (SSSR count). The van der Waals surface area contributed by atoms with E-state index < -0.39 is 9.84 Å². The van der Waals surface area contributed by atoms with E-state index >= 15 is 0 Å². The van der Waals surface area contributed by atoms with Crippen LogP contribution in [0.15, 0.2) is 77.7 Å². The van der Waals surface area contributed by atoms with E-state index in [-0.39, 0.29) is 11.7 Å². The Morgan fingerprint density at radius 2 is 1.63 bits per heavy atom. The van der Waals surface area contributed by atoms with Crippen molar-refractivity contribution in [2.75, 3.05) is 5.32 Å². The number of hydrogen-bond acceptors (Lipinski definition) is 3. The van der Waals surface area contributed by atoms with Crippen molar-refractivity contribution in [1.82, 2.24) is 0 Å². The number of benzene rings is 3. The molecule has 0 saturated heterocycles. The molecule has 138 valence electrons. The summed E-state index contributed by atoms with van der Waals surface area (Å²) >= 11 is 2.22. The van der Waals surface area contributed by atoms with Crippen molar-refractivity contribution in [1.29, 1.82) is 0 Å². The lowest BCUT2D eigenvalue weighted by Gasteiger charge is -2.09. The van der Waals surface area contributed by atoms with Gasteiger partial charge in [0, 0.05) is 14.8 Å². The predicted molar refractivity (Wildman–Crippen MR) is 116 cm³/mol. The van der Waals surface area contributed by atoms with Gasteiger partial charge in [0.15, 0.2) is 9.84 Å². The SMILES string of the molecule is Cc1cc(I)ccc1NC(=O)c1ccc(CS(=O)(=O)c2ccccc2)cc1. The largest absolute Gasteiger partial charge is 0.322 e. The lowest BCUT2D eigenvalue weighted by molar-refractivity contribution is 0.102. The van der Waals surface area contributed by atoms with Crippen LogP contribution in [0.25, 0.3) is 0 Å². The predicted octanol–water partition coefficient (Wildman–Crippen LogP) is 4.83. The minimum Gasteiger partial charge on any atom is -0.322 e. The number of carbonyl (C=O) groups is 1. The maximum Gasteiger partial charge on any atom is 0.255 e. The lowest BCUT2D eigenvalue weighted by atomic mass is 10.1. The second-order valence-electron chi connectivity index (χ2n) is 6.18. The van der Waals surface area contributed by atoms with Gasteiger partial charge in [0.25, 0.3) is 5.91 Å². The molecule has 0 fully saturated rings. The van der Waals surface area contributed by atoms with Gasteiger partial charge >= 0.3 is 0 Å². The Morgan fingerprint density at radius 3 is 2.26 bits per heavy atom. The van der Waals surface area contributed by atoms with Crippen molar-refractivity contribution >= 4 is 44.0 Å². The fourth-order valence-corrected chi connectivity index (χ4v) is 4.66. The standard InChI is InChI=1S/C21H18INO3S/c1-15-13-18(22)11-12-20(15)23-21(24)17-9-7-16(8-10-17)14-27(25,26)19-5-3-2-4-6-19/h2-13H,14H2,1H3,(H,23,24). The molecule has 0 spiro atoms. The highest BCUT2D eigenvalue weighted by Gasteiger charge is 2.15. The quantitative estimate of drug-likeness (QED) is 0.521. The molecule has 0 bridgehead atoms. The van der Waals surface area contributed by atoms with Crippen LogP contribution in [-0.2, 0) is 15.6 Å². The van der Waals surface area contributed by atoms with E-state index in [1.807, 2.05) is 25.1 Å². The Morgan fingerprint density at radius 1 is 0.963 bits per heavy atom. The number of rotatable bonds is 5. The van der Waals surface area contributed by atoms with Gasteiger partial charge in [-0.1, -0.05) is 30.3 Å². The van der Waals surface area contributed by atoms with E-state index in [1.54, 1.807) is 54.6 Å². The Hall–Kier alpha value is -2.19. The Labute approximate surface area is 172 Å². The highest BCUT2D eigenvalue weighted by Crippen LogP contribution is 2.20. The summed E-state index contributed by atoms with van der Waals surface area (Å²) in [5.41, 5.74) is 2.87. The maximum absolute atomic E-state index is 12.4. The van der Waals surface area contributed by atoms with Crippen LogP contribution in [0.2, 0.25) is 0 Å². The molecule has 0 aromatic heterocycles. The van der Waals surface area contributed by atoms with Crippen LogP contribution in [0, 0.1) is 10.5 Å². The number of hydrogen-bond donors (Lipinski definition) is 1. The average molecular weight is 491 g/mol. The summed E-state index contributed by atoms with van der Waals surface area (Å²) in [5.74, 6) is -0.327. The van der Waals surface area contributed by atoms with Crippen LogP contribution in [0.1, 0.15) is 21.5 Å². The van der Waals surface area contributed by atoms with Crippen LogP contribution in [0.4, 0.5) is 5.69 Å². The molecule has 6 heteroatoms. The number of carbonyl (C=O) groups excluding carboxylic acids is 1. The summed E-state index contributed by atoms with van der Waals surface area (Å²) in [6.45, 7) is 1.94. The summed E-state index contributed by atoms with van der Waals surface area (Å²) in [4.78, 5) is 12.7. The summed E-state index contributed by atoms with van der Waals surface area (Å²) in [6.07, 6.45) is 0. The van der Waals surface area contributed by atoms with Crippen LogP contribution < -0.4 is 5.32 Å². The second-order valence-corrected chi connectivity index (χ2v) is 9.42. The van der Waals surface area contributed by atoms with Crippen molar-refractivity contribution in [2.45, 2.75) is 17.6 Å². The van der Waals surface area contributed by atoms with Gasteiger partial charge in [0.2, 0.25) is 0 Å². The zero-order valence-corrected chi connectivity index (χ0v) is 17.6. The lowest BCUT2D eigenvalue weighted by Crippen LogP contribution is -2.13. The molecule has 1 amide bonds. The molecule has 4 nitrogen and oxygen atoms in total. The van der Waals surface area contributed by atoms with E-state index in [0.29, 0.717) is 16.0 Å². The van der Waals surface area contributed by atoms with E-state index in [2.05, 4.69) is 27.9 Å². The van der Waals surface area contributed by atoms with Gasteiger partial charge in [-0.3, -0.25) is 4.79 Å². The van der Waals surface area contributed by atoms with Gasteiger partial charge in [-0.2, -0.15) is 0 Å². The third-order valence-corrected chi connectivity index (χ3v) is 6.49. The number of sulfone groups is 1. The first-order valence-corrected chi connectivity index (χ1v) is 11.0. The molecule has 0 aliphatic carbocycles.